The molecule has 0 aliphatic carbocycles. The number of hydrogen-bond donors (Lipinski definition) is 2. The average molecular weight is 236 g/mol. The number of aliphatic hydroxyl groups is 1. The average Bonchev–Trinajstić information content (AvgIpc) is 2.26. The van der Waals surface area contributed by atoms with Crippen molar-refractivity contribution in [3.63, 3.8) is 0 Å². The Morgan fingerprint density at radius 1 is 1.13 bits per heavy atom. The lowest BCUT2D eigenvalue weighted by atomic mass is 10.2. The summed E-state index contributed by atoms with van der Waals surface area (Å²) in [4.78, 5) is 0. The maximum atomic E-state index is 11.7. The predicted molar refractivity (Wildman–Crippen MR) is 58.7 cm³/mol. The van der Waals surface area contributed by atoms with Gasteiger partial charge < -0.3 is 5.11 Å². The smallest absolute Gasteiger partial charge is 0.279 e. The van der Waals surface area contributed by atoms with Crippen LogP contribution in [0, 0.1) is 0 Å². The summed E-state index contributed by atoms with van der Waals surface area (Å²) >= 11 is 0. The molecule has 15 heavy (non-hydrogen) atoms. The van der Waals surface area contributed by atoms with Gasteiger partial charge in [-0.3, -0.25) is 0 Å². The van der Waals surface area contributed by atoms with Crippen LogP contribution in [0.3, 0.4) is 0 Å². The van der Waals surface area contributed by atoms with Crippen LogP contribution in [-0.4, -0.2) is 44.1 Å². The molecule has 0 bridgehead atoms. The zero-order valence-corrected chi connectivity index (χ0v) is 9.80. The lowest BCUT2D eigenvalue weighted by Gasteiger charge is -2.25. The van der Waals surface area contributed by atoms with E-state index in [1.165, 1.54) is 4.31 Å². The van der Waals surface area contributed by atoms with Gasteiger partial charge in [0.1, 0.15) is 0 Å². The lowest BCUT2D eigenvalue weighted by molar-refractivity contribution is 0.284. The zero-order chi connectivity index (χ0) is 11.1. The van der Waals surface area contributed by atoms with Gasteiger partial charge in [-0.05, 0) is 25.7 Å². The molecule has 2 N–H and O–H groups in total. The van der Waals surface area contributed by atoms with Gasteiger partial charge in [-0.15, -0.1) is 0 Å². The van der Waals surface area contributed by atoms with E-state index >= 15 is 0 Å². The number of rotatable bonds is 6. The number of piperidine rings is 1. The number of aliphatic hydroxyl groups excluding tert-OH is 1. The Kier molecular flexibility index (Phi) is 5.52. The molecule has 0 aromatic rings. The summed E-state index contributed by atoms with van der Waals surface area (Å²) in [5.41, 5.74) is 0. The second-order valence-electron chi connectivity index (χ2n) is 3.79. The molecule has 0 atom stereocenters. The van der Waals surface area contributed by atoms with E-state index in [1.54, 1.807) is 0 Å². The van der Waals surface area contributed by atoms with Gasteiger partial charge in [0.25, 0.3) is 10.2 Å². The van der Waals surface area contributed by atoms with E-state index in [4.69, 9.17) is 5.11 Å². The van der Waals surface area contributed by atoms with E-state index in [0.29, 0.717) is 32.5 Å². The molecule has 1 fully saturated rings. The molecular weight excluding hydrogens is 216 g/mol. The summed E-state index contributed by atoms with van der Waals surface area (Å²) < 4.78 is 27.5. The van der Waals surface area contributed by atoms with Crippen LogP contribution in [0.2, 0.25) is 0 Å². The van der Waals surface area contributed by atoms with Gasteiger partial charge in [-0.1, -0.05) is 6.42 Å². The van der Waals surface area contributed by atoms with Crippen molar-refractivity contribution >= 4 is 10.2 Å². The minimum absolute atomic E-state index is 0.117. The Morgan fingerprint density at radius 3 is 2.40 bits per heavy atom. The number of unbranched alkanes of at least 4 members (excludes halogenated alkanes) is 1. The summed E-state index contributed by atoms with van der Waals surface area (Å²) in [7, 11) is -3.26. The molecule has 0 unspecified atom stereocenters. The van der Waals surface area contributed by atoms with Gasteiger partial charge in [0.05, 0.1) is 0 Å². The molecule has 0 saturated carbocycles. The number of nitrogens with zero attached hydrogens (tertiary/aromatic N) is 1. The topological polar surface area (TPSA) is 69.6 Å². The van der Waals surface area contributed by atoms with Crippen molar-refractivity contribution in [3.8, 4) is 0 Å². The molecule has 0 aromatic heterocycles. The molecule has 1 rings (SSSR count). The second kappa shape index (κ2) is 6.42. The normalized spacial score (nSPS) is 19.3. The van der Waals surface area contributed by atoms with Crippen molar-refractivity contribution < 1.29 is 13.5 Å². The second-order valence-corrected chi connectivity index (χ2v) is 5.55. The molecule has 0 radical (unpaired) electrons. The molecule has 1 aliphatic heterocycles. The minimum atomic E-state index is -3.26. The fraction of sp³-hybridized carbons (Fsp3) is 1.00. The first kappa shape index (κ1) is 12.9. The van der Waals surface area contributed by atoms with Crippen LogP contribution in [-0.2, 0) is 10.2 Å². The molecule has 1 heterocycles. The van der Waals surface area contributed by atoms with Gasteiger partial charge in [-0.25, -0.2) is 4.72 Å². The van der Waals surface area contributed by atoms with Gasteiger partial charge in [-0.2, -0.15) is 12.7 Å². The van der Waals surface area contributed by atoms with Crippen molar-refractivity contribution in [3.05, 3.63) is 0 Å². The standard InChI is InChI=1S/C9H20N2O3S/c12-9-5-2-6-10-15(13,14)11-7-3-1-4-8-11/h10,12H,1-9H2. The Morgan fingerprint density at radius 2 is 1.80 bits per heavy atom. The maximum Gasteiger partial charge on any atom is 0.279 e. The van der Waals surface area contributed by atoms with E-state index in [0.717, 1.165) is 19.3 Å². The van der Waals surface area contributed by atoms with Crippen LogP contribution in [0.25, 0.3) is 0 Å². The van der Waals surface area contributed by atoms with Gasteiger partial charge in [0.2, 0.25) is 0 Å². The molecule has 0 amide bonds. The van der Waals surface area contributed by atoms with Crippen molar-refractivity contribution in [2.45, 2.75) is 32.1 Å². The van der Waals surface area contributed by atoms with Crippen LogP contribution in [0.15, 0.2) is 0 Å². The third-order valence-electron chi connectivity index (χ3n) is 2.52. The lowest BCUT2D eigenvalue weighted by Crippen LogP contribution is -2.43. The molecule has 6 heteroatoms. The Balaban J connectivity index is 2.30. The zero-order valence-electron chi connectivity index (χ0n) is 8.98. The van der Waals surface area contributed by atoms with Gasteiger partial charge >= 0.3 is 0 Å². The highest BCUT2D eigenvalue weighted by Crippen LogP contribution is 2.11. The van der Waals surface area contributed by atoms with E-state index in [9.17, 15) is 8.42 Å². The minimum Gasteiger partial charge on any atom is -0.396 e. The quantitative estimate of drug-likeness (QED) is 0.642. The number of hydrogen-bond acceptors (Lipinski definition) is 3. The fourth-order valence-corrected chi connectivity index (χ4v) is 2.96. The first-order valence-electron chi connectivity index (χ1n) is 5.52. The summed E-state index contributed by atoms with van der Waals surface area (Å²) in [5.74, 6) is 0. The van der Waals surface area contributed by atoms with Crippen molar-refractivity contribution in [2.24, 2.45) is 0 Å². The maximum absolute atomic E-state index is 11.7. The Hall–Kier alpha value is -0.170. The third kappa shape index (κ3) is 4.46. The van der Waals surface area contributed by atoms with Gasteiger partial charge in [0.15, 0.2) is 0 Å². The molecular formula is C9H20N2O3S. The third-order valence-corrected chi connectivity index (χ3v) is 4.14. The van der Waals surface area contributed by atoms with Crippen molar-refractivity contribution in [2.75, 3.05) is 26.2 Å². The summed E-state index contributed by atoms with van der Waals surface area (Å²) in [6, 6.07) is 0. The van der Waals surface area contributed by atoms with Crippen LogP contribution in [0.5, 0.6) is 0 Å². The highest BCUT2D eigenvalue weighted by atomic mass is 32.2. The predicted octanol–water partition coefficient (Wildman–Crippen LogP) is 0.0792. The van der Waals surface area contributed by atoms with Crippen LogP contribution in [0.4, 0.5) is 0 Å². The van der Waals surface area contributed by atoms with Crippen LogP contribution in [0.1, 0.15) is 32.1 Å². The van der Waals surface area contributed by atoms with Crippen molar-refractivity contribution in [1.82, 2.24) is 9.03 Å². The van der Waals surface area contributed by atoms with Gasteiger partial charge in [0, 0.05) is 26.2 Å². The molecule has 0 spiro atoms. The highest BCUT2D eigenvalue weighted by molar-refractivity contribution is 7.87. The summed E-state index contributed by atoms with van der Waals surface area (Å²) in [5, 5.41) is 8.56. The van der Waals surface area contributed by atoms with E-state index < -0.39 is 10.2 Å². The first-order valence-corrected chi connectivity index (χ1v) is 6.96. The Bertz CT molecular complexity index is 261. The molecule has 1 saturated heterocycles. The van der Waals surface area contributed by atoms with Crippen LogP contribution >= 0.6 is 0 Å². The van der Waals surface area contributed by atoms with E-state index in [1.807, 2.05) is 0 Å². The molecule has 0 aromatic carbocycles. The summed E-state index contributed by atoms with van der Waals surface area (Å²) in [6.45, 7) is 1.80. The van der Waals surface area contributed by atoms with Crippen LogP contribution < -0.4 is 4.72 Å². The molecule has 5 nitrogen and oxygen atoms in total. The SMILES string of the molecule is O=S(=O)(NCCCCO)N1CCCCC1. The fourth-order valence-electron chi connectivity index (χ4n) is 1.63. The largest absolute Gasteiger partial charge is 0.396 e. The summed E-state index contributed by atoms with van der Waals surface area (Å²) in [6.07, 6.45) is 4.36. The number of nitrogens with one attached hydrogen (secondary N) is 1. The Labute approximate surface area is 91.7 Å². The van der Waals surface area contributed by atoms with E-state index in [-0.39, 0.29) is 6.61 Å². The van der Waals surface area contributed by atoms with E-state index in [2.05, 4.69) is 4.72 Å². The molecule has 90 valence electrons. The molecule has 1 aliphatic rings. The first-order chi connectivity index (χ1) is 7.17. The highest BCUT2D eigenvalue weighted by Gasteiger charge is 2.22. The van der Waals surface area contributed by atoms with Crippen molar-refractivity contribution in [1.29, 1.82) is 0 Å². The monoisotopic (exact) mass is 236 g/mol.